The molecule has 6 nitrogen and oxygen atoms in total. The Balaban J connectivity index is 1.42. The first kappa shape index (κ1) is 15.9. The van der Waals surface area contributed by atoms with Gasteiger partial charge in [-0.2, -0.15) is 0 Å². The van der Waals surface area contributed by atoms with Crippen molar-refractivity contribution in [2.24, 2.45) is 0 Å². The zero-order valence-electron chi connectivity index (χ0n) is 15.0. The minimum absolute atomic E-state index is 0.826. The Bertz CT molecular complexity index is 944. The fourth-order valence-corrected chi connectivity index (χ4v) is 5.30. The van der Waals surface area contributed by atoms with Gasteiger partial charge in [-0.3, -0.25) is 0 Å². The topological polar surface area (TPSA) is 58.0 Å². The summed E-state index contributed by atoms with van der Waals surface area (Å²) in [6, 6.07) is 2.00. The zero-order valence-corrected chi connectivity index (χ0v) is 15.8. The molecule has 5 rings (SSSR count). The summed E-state index contributed by atoms with van der Waals surface area (Å²) < 4.78 is 0. The van der Waals surface area contributed by atoms with E-state index in [1.54, 1.807) is 6.33 Å². The zero-order chi connectivity index (χ0) is 17.5. The van der Waals surface area contributed by atoms with Crippen LogP contribution in [0.4, 0.5) is 11.6 Å². The third-order valence-corrected chi connectivity index (χ3v) is 6.60. The molecule has 0 spiro atoms. The van der Waals surface area contributed by atoms with E-state index in [4.69, 9.17) is 4.98 Å². The van der Waals surface area contributed by atoms with Crippen LogP contribution in [0.25, 0.3) is 10.2 Å². The molecule has 1 fully saturated rings. The van der Waals surface area contributed by atoms with E-state index in [0.29, 0.717) is 0 Å². The molecule has 0 aromatic carbocycles. The number of anilines is 2. The molecule has 0 bridgehead atoms. The van der Waals surface area contributed by atoms with Gasteiger partial charge in [0.25, 0.3) is 0 Å². The van der Waals surface area contributed by atoms with Gasteiger partial charge in [-0.15, -0.1) is 11.3 Å². The maximum atomic E-state index is 4.70. The number of aromatic nitrogens is 4. The monoisotopic (exact) mass is 366 g/mol. The molecular formula is C19H22N6S. The summed E-state index contributed by atoms with van der Waals surface area (Å²) in [7, 11) is 0. The van der Waals surface area contributed by atoms with Crippen LogP contribution in [0.3, 0.4) is 0 Å². The highest BCUT2D eigenvalue weighted by Gasteiger charge is 2.25. The van der Waals surface area contributed by atoms with Gasteiger partial charge in [0.1, 0.15) is 28.6 Å². The van der Waals surface area contributed by atoms with Crippen molar-refractivity contribution < 1.29 is 0 Å². The first-order chi connectivity index (χ1) is 12.8. The molecule has 3 aromatic rings. The lowest BCUT2D eigenvalue weighted by atomic mass is 9.97. The van der Waals surface area contributed by atoms with Crippen LogP contribution < -0.4 is 9.80 Å². The quantitative estimate of drug-likeness (QED) is 0.695. The van der Waals surface area contributed by atoms with Crippen molar-refractivity contribution in [2.75, 3.05) is 36.0 Å². The van der Waals surface area contributed by atoms with Gasteiger partial charge >= 0.3 is 0 Å². The number of aryl methyl sites for hydroxylation is 3. The Morgan fingerprint density at radius 1 is 0.962 bits per heavy atom. The minimum atomic E-state index is 0.826. The summed E-state index contributed by atoms with van der Waals surface area (Å²) in [5, 5.41) is 1.32. The molecule has 3 aromatic heterocycles. The van der Waals surface area contributed by atoms with Crippen LogP contribution in [0.2, 0.25) is 0 Å². The predicted octanol–water partition coefficient (Wildman–Crippen LogP) is 3.00. The van der Waals surface area contributed by atoms with Crippen LogP contribution in [0, 0.1) is 6.92 Å². The number of piperazine rings is 1. The lowest BCUT2D eigenvalue weighted by molar-refractivity contribution is 0.640. The molecule has 0 amide bonds. The number of nitrogens with zero attached hydrogens (tertiary/aromatic N) is 6. The molecule has 0 saturated carbocycles. The van der Waals surface area contributed by atoms with E-state index in [2.05, 4.69) is 24.8 Å². The number of hydrogen-bond donors (Lipinski definition) is 0. The lowest BCUT2D eigenvalue weighted by Crippen LogP contribution is -2.47. The van der Waals surface area contributed by atoms with Crippen molar-refractivity contribution in [2.45, 2.75) is 32.6 Å². The largest absolute Gasteiger partial charge is 0.353 e. The van der Waals surface area contributed by atoms with Crippen molar-refractivity contribution in [3.63, 3.8) is 0 Å². The Kier molecular flexibility index (Phi) is 3.96. The van der Waals surface area contributed by atoms with E-state index in [9.17, 15) is 0 Å². The normalized spacial score (nSPS) is 17.6. The van der Waals surface area contributed by atoms with Crippen LogP contribution in [0.1, 0.15) is 29.1 Å². The standard InChI is InChI=1S/C19H22N6S/c1-13-20-7-6-16(23-13)24-8-10-25(11-9-24)18-17-14-4-2-3-5-15(14)26-19(17)22-12-21-18/h6-7,12H,2-5,8-11H2,1H3. The molecule has 1 aliphatic carbocycles. The number of thiophene rings is 1. The van der Waals surface area contributed by atoms with Gasteiger partial charge in [-0.1, -0.05) is 0 Å². The molecule has 4 heterocycles. The predicted molar refractivity (Wildman–Crippen MR) is 105 cm³/mol. The van der Waals surface area contributed by atoms with Crippen LogP contribution in [-0.4, -0.2) is 46.1 Å². The van der Waals surface area contributed by atoms with E-state index in [1.165, 1.54) is 41.5 Å². The Morgan fingerprint density at radius 3 is 2.62 bits per heavy atom. The molecule has 1 saturated heterocycles. The van der Waals surface area contributed by atoms with Crippen molar-refractivity contribution in [3.8, 4) is 0 Å². The molecule has 1 aliphatic heterocycles. The van der Waals surface area contributed by atoms with Crippen LogP contribution >= 0.6 is 11.3 Å². The van der Waals surface area contributed by atoms with Gasteiger partial charge in [0, 0.05) is 37.3 Å². The summed E-state index contributed by atoms with van der Waals surface area (Å²) in [6.45, 7) is 5.76. The first-order valence-corrected chi connectivity index (χ1v) is 10.2. The van der Waals surface area contributed by atoms with E-state index >= 15 is 0 Å². The number of hydrogen-bond acceptors (Lipinski definition) is 7. The maximum Gasteiger partial charge on any atom is 0.141 e. The highest BCUT2D eigenvalue weighted by molar-refractivity contribution is 7.19. The summed E-state index contributed by atoms with van der Waals surface area (Å²) in [5.41, 5.74) is 1.51. The molecule has 0 unspecified atom stereocenters. The Labute approximate surface area is 156 Å². The van der Waals surface area contributed by atoms with Gasteiger partial charge in [-0.05, 0) is 44.2 Å². The van der Waals surface area contributed by atoms with Crippen LogP contribution in [0.5, 0.6) is 0 Å². The molecule has 2 aliphatic rings. The van der Waals surface area contributed by atoms with Gasteiger partial charge in [0.05, 0.1) is 5.39 Å². The molecule has 7 heteroatoms. The minimum Gasteiger partial charge on any atom is -0.353 e. The molecular weight excluding hydrogens is 344 g/mol. The maximum absolute atomic E-state index is 4.70. The highest BCUT2D eigenvalue weighted by Crippen LogP contribution is 2.39. The van der Waals surface area contributed by atoms with E-state index in [1.807, 2.05) is 30.5 Å². The lowest BCUT2D eigenvalue weighted by Gasteiger charge is -2.36. The molecule has 0 atom stereocenters. The SMILES string of the molecule is Cc1nccc(N2CCN(c3ncnc4sc5c(c34)CCCC5)CC2)n1. The molecule has 0 N–H and O–H groups in total. The van der Waals surface area contributed by atoms with E-state index < -0.39 is 0 Å². The van der Waals surface area contributed by atoms with E-state index in [-0.39, 0.29) is 0 Å². The second-order valence-corrected chi connectivity index (χ2v) is 8.11. The number of rotatable bonds is 2. The Morgan fingerprint density at radius 2 is 1.77 bits per heavy atom. The fourth-order valence-electron chi connectivity index (χ4n) is 4.08. The second kappa shape index (κ2) is 6.46. The van der Waals surface area contributed by atoms with Gasteiger partial charge in [0.2, 0.25) is 0 Å². The fraction of sp³-hybridized carbons (Fsp3) is 0.474. The molecule has 0 radical (unpaired) electrons. The average molecular weight is 366 g/mol. The van der Waals surface area contributed by atoms with Crippen LogP contribution in [-0.2, 0) is 12.8 Å². The summed E-state index contributed by atoms with van der Waals surface area (Å²) in [5.74, 6) is 2.98. The van der Waals surface area contributed by atoms with Gasteiger partial charge in [0.15, 0.2) is 0 Å². The Hall–Kier alpha value is -2.28. The molecule has 26 heavy (non-hydrogen) atoms. The third-order valence-electron chi connectivity index (χ3n) is 5.40. The smallest absolute Gasteiger partial charge is 0.141 e. The van der Waals surface area contributed by atoms with Gasteiger partial charge in [-0.25, -0.2) is 19.9 Å². The summed E-state index contributed by atoms with van der Waals surface area (Å²) in [4.78, 5) is 25.5. The van der Waals surface area contributed by atoms with Crippen molar-refractivity contribution >= 4 is 33.2 Å². The third kappa shape index (κ3) is 2.70. The van der Waals surface area contributed by atoms with Crippen molar-refractivity contribution in [1.29, 1.82) is 0 Å². The first-order valence-electron chi connectivity index (χ1n) is 9.34. The van der Waals surface area contributed by atoms with Crippen molar-refractivity contribution in [1.82, 2.24) is 19.9 Å². The van der Waals surface area contributed by atoms with Crippen molar-refractivity contribution in [3.05, 3.63) is 34.9 Å². The van der Waals surface area contributed by atoms with E-state index in [0.717, 1.165) is 48.5 Å². The molecule has 134 valence electrons. The highest BCUT2D eigenvalue weighted by atomic mass is 32.1. The van der Waals surface area contributed by atoms with Gasteiger partial charge < -0.3 is 9.80 Å². The number of fused-ring (bicyclic) bond motifs is 3. The summed E-state index contributed by atoms with van der Waals surface area (Å²) >= 11 is 1.87. The van der Waals surface area contributed by atoms with Crippen LogP contribution in [0.15, 0.2) is 18.6 Å². The summed E-state index contributed by atoms with van der Waals surface area (Å²) in [6.07, 6.45) is 8.55. The second-order valence-electron chi connectivity index (χ2n) is 7.02. The average Bonchev–Trinajstić information content (AvgIpc) is 3.07.